The van der Waals surface area contributed by atoms with Crippen LogP contribution in [0.1, 0.15) is 16.7 Å². The van der Waals surface area contributed by atoms with Gasteiger partial charge in [-0.1, -0.05) is 218 Å². The molecule has 11 rings (SSSR count). The van der Waals surface area contributed by atoms with Gasteiger partial charge in [-0.25, -0.2) is 0 Å². The molecule has 0 amide bonds. The lowest BCUT2D eigenvalue weighted by Crippen LogP contribution is -2.23. The molecule has 1 heterocycles. The van der Waals surface area contributed by atoms with Crippen LogP contribution in [-0.2, 0) is 4.87 Å². The summed E-state index contributed by atoms with van der Waals surface area (Å²) >= 11 is 8.37. The van der Waals surface area contributed by atoms with E-state index in [9.17, 15) is 0 Å². The van der Waals surface area contributed by atoms with Crippen molar-refractivity contribution in [3.63, 3.8) is 0 Å². The number of nitrogens with zero attached hydrogens (tertiary/aromatic N) is 2. The van der Waals surface area contributed by atoms with E-state index < -0.39 is 4.87 Å². The minimum absolute atomic E-state index is 0.949. The molecule has 0 aliphatic rings. The standard InChI is InChI=1S/C61H43ClN2/c62-61(48-27-12-4-13-28-48,49-29-14-5-15-30-49)50-41-52(43-53(42-50)64-58-35-18-16-31-56(58)57-32-17-19-36-59(57)64)63(51-39-37-45(38-40-51)44-21-6-1-7-22-44)60-54(46-23-8-2-9-24-46)33-20-34-55(60)47-25-10-3-11-26-47/h1-43H. The van der Waals surface area contributed by atoms with Crippen LogP contribution in [0.2, 0.25) is 0 Å². The van der Waals surface area contributed by atoms with E-state index in [4.69, 9.17) is 11.6 Å². The average Bonchev–Trinajstić information content (AvgIpc) is 3.72. The lowest BCUT2D eigenvalue weighted by atomic mass is 9.83. The van der Waals surface area contributed by atoms with Crippen LogP contribution in [0.25, 0.3) is 60.9 Å². The van der Waals surface area contributed by atoms with Crippen LogP contribution in [0.3, 0.4) is 0 Å². The third kappa shape index (κ3) is 6.95. The maximum absolute atomic E-state index is 8.37. The molecule has 0 saturated carbocycles. The summed E-state index contributed by atoms with van der Waals surface area (Å²) in [7, 11) is 0. The zero-order chi connectivity index (χ0) is 42.9. The van der Waals surface area contributed by atoms with Crippen molar-refractivity contribution < 1.29 is 0 Å². The highest BCUT2D eigenvalue weighted by atomic mass is 35.5. The summed E-state index contributed by atoms with van der Waals surface area (Å²) in [5.41, 5.74) is 16.0. The molecular weight excluding hydrogens is 796 g/mol. The third-order valence-electron chi connectivity index (χ3n) is 12.4. The molecule has 2 nitrogen and oxygen atoms in total. The van der Waals surface area contributed by atoms with Gasteiger partial charge in [-0.05, 0) is 81.4 Å². The lowest BCUT2D eigenvalue weighted by Gasteiger charge is -2.34. The summed E-state index contributed by atoms with van der Waals surface area (Å²) in [6.07, 6.45) is 0. The van der Waals surface area contributed by atoms with Crippen LogP contribution in [0, 0.1) is 0 Å². The predicted octanol–water partition coefficient (Wildman–Crippen LogP) is 16.8. The minimum Gasteiger partial charge on any atom is -0.309 e. The van der Waals surface area contributed by atoms with E-state index in [0.717, 1.165) is 78.3 Å². The highest BCUT2D eigenvalue weighted by molar-refractivity contribution is 6.28. The Labute approximate surface area is 379 Å². The molecule has 1 aromatic heterocycles. The minimum atomic E-state index is -1.06. The Morgan fingerprint density at radius 2 is 0.750 bits per heavy atom. The number of anilines is 3. The van der Waals surface area contributed by atoms with Gasteiger partial charge in [0.05, 0.1) is 16.7 Å². The number of para-hydroxylation sites is 3. The van der Waals surface area contributed by atoms with Crippen molar-refractivity contribution in [2.45, 2.75) is 4.87 Å². The number of hydrogen-bond acceptors (Lipinski definition) is 1. The highest BCUT2D eigenvalue weighted by Crippen LogP contribution is 2.51. The molecule has 0 radical (unpaired) electrons. The van der Waals surface area contributed by atoms with E-state index in [2.05, 4.69) is 270 Å². The molecular formula is C61H43ClN2. The Morgan fingerprint density at radius 1 is 0.328 bits per heavy atom. The van der Waals surface area contributed by atoms with Crippen molar-refractivity contribution in [2.24, 2.45) is 0 Å². The first-order valence-corrected chi connectivity index (χ1v) is 22.2. The zero-order valence-corrected chi connectivity index (χ0v) is 35.9. The van der Waals surface area contributed by atoms with Gasteiger partial charge in [-0.2, -0.15) is 0 Å². The molecule has 0 saturated heterocycles. The molecule has 304 valence electrons. The van der Waals surface area contributed by atoms with Crippen molar-refractivity contribution in [1.29, 1.82) is 0 Å². The Kier molecular flexibility index (Phi) is 10.2. The number of fused-ring (bicyclic) bond motifs is 3. The van der Waals surface area contributed by atoms with Gasteiger partial charge in [0.1, 0.15) is 4.87 Å². The summed E-state index contributed by atoms with van der Waals surface area (Å²) in [6.45, 7) is 0. The zero-order valence-electron chi connectivity index (χ0n) is 35.1. The lowest BCUT2D eigenvalue weighted by molar-refractivity contribution is 0.876. The first kappa shape index (κ1) is 39.0. The van der Waals surface area contributed by atoms with E-state index in [-0.39, 0.29) is 0 Å². The second-order valence-electron chi connectivity index (χ2n) is 16.2. The molecule has 0 N–H and O–H groups in total. The van der Waals surface area contributed by atoms with Gasteiger partial charge in [0.25, 0.3) is 0 Å². The van der Waals surface area contributed by atoms with Crippen LogP contribution in [0.15, 0.2) is 261 Å². The number of alkyl halides is 1. The molecule has 0 aliphatic heterocycles. The fraction of sp³-hybridized carbons (Fsp3) is 0.0164. The second-order valence-corrected chi connectivity index (χ2v) is 16.7. The normalized spacial score (nSPS) is 11.5. The Hall–Kier alpha value is -7.91. The van der Waals surface area contributed by atoms with E-state index in [1.165, 1.54) is 16.3 Å². The average molecular weight is 839 g/mol. The fourth-order valence-corrected chi connectivity index (χ4v) is 9.78. The summed E-state index contributed by atoms with van der Waals surface area (Å²) in [6, 6.07) is 93.1. The summed E-state index contributed by atoms with van der Waals surface area (Å²) in [5.74, 6) is 0. The number of aromatic nitrogens is 1. The number of halogens is 1. The molecule has 0 atom stereocenters. The highest BCUT2D eigenvalue weighted by Gasteiger charge is 2.36. The third-order valence-corrected chi connectivity index (χ3v) is 13.1. The quantitative estimate of drug-likeness (QED) is 0.0984. The van der Waals surface area contributed by atoms with Gasteiger partial charge in [-0.3, -0.25) is 0 Å². The molecule has 0 unspecified atom stereocenters. The van der Waals surface area contributed by atoms with E-state index >= 15 is 0 Å². The van der Waals surface area contributed by atoms with Crippen LogP contribution >= 0.6 is 11.6 Å². The Balaban J connectivity index is 1.28. The van der Waals surface area contributed by atoms with Crippen LogP contribution in [0.4, 0.5) is 17.1 Å². The van der Waals surface area contributed by atoms with E-state index in [1.807, 2.05) is 0 Å². The Bertz CT molecular complexity index is 3210. The second kappa shape index (κ2) is 16.8. The molecule has 64 heavy (non-hydrogen) atoms. The SMILES string of the molecule is ClC(c1ccccc1)(c1ccccc1)c1cc(N(c2ccc(-c3ccccc3)cc2)c2c(-c3ccccc3)cccc2-c2ccccc2)cc(-n2c3ccccc3c3ccccc32)c1. The van der Waals surface area contributed by atoms with Gasteiger partial charge in [0, 0.05) is 39.0 Å². The molecule has 3 heteroatoms. The summed E-state index contributed by atoms with van der Waals surface area (Å²) in [4.78, 5) is 1.39. The predicted molar refractivity (Wildman–Crippen MR) is 270 cm³/mol. The number of benzene rings is 10. The molecule has 0 bridgehead atoms. The van der Waals surface area contributed by atoms with Crippen molar-refractivity contribution >= 4 is 50.5 Å². The van der Waals surface area contributed by atoms with Crippen molar-refractivity contribution in [3.8, 4) is 39.1 Å². The molecule has 11 aromatic rings. The van der Waals surface area contributed by atoms with E-state index in [1.54, 1.807) is 0 Å². The van der Waals surface area contributed by atoms with Crippen LogP contribution in [0.5, 0.6) is 0 Å². The Morgan fingerprint density at radius 3 is 1.25 bits per heavy atom. The summed E-state index contributed by atoms with van der Waals surface area (Å²) < 4.78 is 2.41. The summed E-state index contributed by atoms with van der Waals surface area (Å²) in [5, 5.41) is 2.39. The number of rotatable bonds is 10. The molecule has 0 spiro atoms. The monoisotopic (exact) mass is 838 g/mol. The van der Waals surface area contributed by atoms with Gasteiger partial charge >= 0.3 is 0 Å². The topological polar surface area (TPSA) is 8.17 Å². The fourth-order valence-electron chi connectivity index (χ4n) is 9.42. The largest absolute Gasteiger partial charge is 0.309 e. The maximum Gasteiger partial charge on any atom is 0.120 e. The molecule has 10 aromatic carbocycles. The number of hydrogen-bond donors (Lipinski definition) is 0. The van der Waals surface area contributed by atoms with Gasteiger partial charge < -0.3 is 9.47 Å². The van der Waals surface area contributed by atoms with Gasteiger partial charge in [-0.15, -0.1) is 11.6 Å². The molecule has 0 aliphatic carbocycles. The van der Waals surface area contributed by atoms with Crippen molar-refractivity contribution in [1.82, 2.24) is 4.57 Å². The van der Waals surface area contributed by atoms with Crippen LogP contribution < -0.4 is 4.90 Å². The van der Waals surface area contributed by atoms with Crippen molar-refractivity contribution in [2.75, 3.05) is 4.90 Å². The molecule has 0 fully saturated rings. The van der Waals surface area contributed by atoms with Gasteiger partial charge in [0.15, 0.2) is 0 Å². The van der Waals surface area contributed by atoms with E-state index in [0.29, 0.717) is 0 Å². The van der Waals surface area contributed by atoms with Gasteiger partial charge in [0.2, 0.25) is 0 Å². The smallest absolute Gasteiger partial charge is 0.120 e. The first-order chi connectivity index (χ1) is 31.6. The van der Waals surface area contributed by atoms with Crippen molar-refractivity contribution in [3.05, 3.63) is 278 Å². The van der Waals surface area contributed by atoms with Crippen LogP contribution in [-0.4, -0.2) is 4.57 Å². The first-order valence-electron chi connectivity index (χ1n) is 21.8. The maximum atomic E-state index is 8.37.